The van der Waals surface area contributed by atoms with E-state index >= 15 is 0 Å². The van der Waals surface area contributed by atoms with E-state index in [1.54, 1.807) is 24.3 Å². The second-order valence-electron chi connectivity index (χ2n) is 3.63. The van der Waals surface area contributed by atoms with Crippen molar-refractivity contribution in [3.63, 3.8) is 0 Å². The maximum atomic E-state index is 11.1. The molecule has 1 aromatic carbocycles. The SMILES string of the molecule is NC(=S)N/N=C\c1cc(C(=O)[O-])c2ccccc2n1.[Na+]. The summed E-state index contributed by atoms with van der Waals surface area (Å²) in [6, 6.07) is 8.26. The van der Waals surface area contributed by atoms with Crippen LogP contribution in [0.4, 0.5) is 0 Å². The van der Waals surface area contributed by atoms with E-state index in [9.17, 15) is 9.90 Å². The van der Waals surface area contributed by atoms with Crippen LogP contribution in [0.15, 0.2) is 35.4 Å². The maximum absolute atomic E-state index is 11.1. The zero-order chi connectivity index (χ0) is 13.8. The standard InChI is InChI=1S/C12H10N4O2S.Na/c13-12(19)16-14-6-7-5-9(11(17)18)8-3-1-2-4-10(8)15-7;/h1-6H,(H,17,18)(H3,13,16,19);/q;+1/p-1/b14-6-;. The molecule has 1 aromatic heterocycles. The van der Waals surface area contributed by atoms with Gasteiger partial charge < -0.3 is 15.6 Å². The van der Waals surface area contributed by atoms with Gasteiger partial charge in [0.25, 0.3) is 0 Å². The van der Waals surface area contributed by atoms with Crippen molar-refractivity contribution in [1.29, 1.82) is 0 Å². The molecule has 2 rings (SSSR count). The van der Waals surface area contributed by atoms with E-state index in [-0.39, 0.29) is 40.2 Å². The van der Waals surface area contributed by atoms with Crippen molar-refractivity contribution in [3.8, 4) is 0 Å². The average Bonchev–Trinajstić information content (AvgIpc) is 2.37. The van der Waals surface area contributed by atoms with Crippen molar-refractivity contribution in [1.82, 2.24) is 10.4 Å². The van der Waals surface area contributed by atoms with E-state index in [0.717, 1.165) is 0 Å². The average molecular weight is 296 g/mol. The monoisotopic (exact) mass is 296 g/mol. The molecule has 20 heavy (non-hydrogen) atoms. The number of carbonyl (C=O) groups is 1. The molecular weight excluding hydrogens is 287 g/mol. The molecule has 0 bridgehead atoms. The van der Waals surface area contributed by atoms with Gasteiger partial charge in [-0.25, -0.2) is 4.98 Å². The third kappa shape index (κ3) is 3.97. The van der Waals surface area contributed by atoms with Gasteiger partial charge in [-0.2, -0.15) is 5.10 Å². The fourth-order valence-electron chi connectivity index (χ4n) is 1.59. The zero-order valence-corrected chi connectivity index (χ0v) is 13.5. The van der Waals surface area contributed by atoms with E-state index < -0.39 is 5.97 Å². The Kier molecular flexibility index (Phi) is 6.03. The Hall–Kier alpha value is -1.54. The zero-order valence-electron chi connectivity index (χ0n) is 10.7. The summed E-state index contributed by atoms with van der Waals surface area (Å²) in [5, 5.41) is 15.4. The predicted molar refractivity (Wildman–Crippen MR) is 73.6 cm³/mol. The molecule has 0 fully saturated rings. The van der Waals surface area contributed by atoms with Gasteiger partial charge in [-0.05, 0) is 24.4 Å². The number of fused-ring (bicyclic) bond motifs is 1. The second-order valence-corrected chi connectivity index (χ2v) is 4.07. The number of hydrogen-bond acceptors (Lipinski definition) is 5. The largest absolute Gasteiger partial charge is 1.00 e. The molecule has 2 aromatic rings. The molecule has 0 radical (unpaired) electrons. The van der Waals surface area contributed by atoms with Crippen LogP contribution >= 0.6 is 12.2 Å². The fraction of sp³-hybridized carbons (Fsp3) is 0. The number of carbonyl (C=O) groups excluding carboxylic acids is 1. The number of carboxylic acids is 1. The molecule has 0 amide bonds. The number of nitrogens with zero attached hydrogens (tertiary/aromatic N) is 2. The molecule has 0 aliphatic rings. The molecule has 0 atom stereocenters. The fourth-order valence-corrected chi connectivity index (χ4v) is 1.65. The van der Waals surface area contributed by atoms with Crippen LogP contribution in [0.3, 0.4) is 0 Å². The molecule has 0 spiro atoms. The van der Waals surface area contributed by atoms with E-state index in [1.807, 2.05) is 0 Å². The first kappa shape index (κ1) is 16.5. The van der Waals surface area contributed by atoms with Crippen LogP contribution < -0.4 is 45.8 Å². The van der Waals surface area contributed by atoms with Crippen molar-refractivity contribution in [2.75, 3.05) is 0 Å². The number of aromatic nitrogens is 1. The summed E-state index contributed by atoms with van der Waals surface area (Å²) in [5.41, 5.74) is 8.54. The van der Waals surface area contributed by atoms with Gasteiger partial charge in [-0.1, -0.05) is 18.2 Å². The van der Waals surface area contributed by atoms with E-state index in [1.165, 1.54) is 12.3 Å². The molecule has 0 aliphatic heterocycles. The van der Waals surface area contributed by atoms with Crippen LogP contribution in [0.2, 0.25) is 0 Å². The number of carboxylic acid groups (broad SMARTS) is 1. The quantitative estimate of drug-likeness (QED) is 0.267. The normalized spacial score (nSPS) is 10.2. The summed E-state index contributed by atoms with van der Waals surface area (Å²) in [5.74, 6) is -1.27. The minimum atomic E-state index is -1.27. The Bertz CT molecular complexity index is 690. The van der Waals surface area contributed by atoms with Crippen LogP contribution in [0.25, 0.3) is 10.9 Å². The Balaban J connectivity index is 0.00000200. The summed E-state index contributed by atoms with van der Waals surface area (Å²) >= 11 is 4.58. The topological polar surface area (TPSA) is 103 Å². The Morgan fingerprint density at radius 3 is 2.80 bits per heavy atom. The first-order valence-electron chi connectivity index (χ1n) is 5.27. The molecule has 0 saturated heterocycles. The third-order valence-corrected chi connectivity index (χ3v) is 2.42. The molecule has 8 heteroatoms. The minimum Gasteiger partial charge on any atom is -0.545 e. The number of hydrogen-bond donors (Lipinski definition) is 2. The summed E-state index contributed by atoms with van der Waals surface area (Å²) in [6.07, 6.45) is 1.33. The van der Waals surface area contributed by atoms with Gasteiger partial charge in [0.1, 0.15) is 0 Å². The summed E-state index contributed by atoms with van der Waals surface area (Å²) in [6.45, 7) is 0. The Morgan fingerprint density at radius 2 is 2.15 bits per heavy atom. The van der Waals surface area contributed by atoms with Crippen molar-refractivity contribution >= 4 is 40.4 Å². The van der Waals surface area contributed by atoms with E-state index in [4.69, 9.17) is 5.73 Å². The number of pyridine rings is 1. The van der Waals surface area contributed by atoms with Gasteiger partial charge in [-0.3, -0.25) is 5.43 Å². The van der Waals surface area contributed by atoms with E-state index in [0.29, 0.717) is 16.6 Å². The van der Waals surface area contributed by atoms with Gasteiger partial charge in [-0.15, -0.1) is 0 Å². The van der Waals surface area contributed by atoms with Crippen molar-refractivity contribution in [2.45, 2.75) is 0 Å². The van der Waals surface area contributed by atoms with E-state index in [2.05, 4.69) is 27.7 Å². The Labute approximate surface area is 142 Å². The summed E-state index contributed by atoms with van der Waals surface area (Å²) in [4.78, 5) is 15.4. The molecule has 96 valence electrons. The van der Waals surface area contributed by atoms with Crippen molar-refractivity contribution in [2.24, 2.45) is 10.8 Å². The molecule has 6 nitrogen and oxygen atoms in total. The minimum absolute atomic E-state index is 0. The molecule has 3 N–H and O–H groups in total. The van der Waals surface area contributed by atoms with Crippen LogP contribution in [0.1, 0.15) is 16.1 Å². The van der Waals surface area contributed by atoms with Gasteiger partial charge in [0.15, 0.2) is 5.11 Å². The number of para-hydroxylation sites is 1. The van der Waals surface area contributed by atoms with Crippen LogP contribution in [0.5, 0.6) is 0 Å². The number of thiocarbonyl (C=S) groups is 1. The number of hydrazone groups is 1. The number of aromatic carboxylic acids is 1. The predicted octanol–water partition coefficient (Wildman–Crippen LogP) is -3.23. The number of rotatable bonds is 3. The Morgan fingerprint density at radius 1 is 1.45 bits per heavy atom. The first-order valence-corrected chi connectivity index (χ1v) is 5.68. The van der Waals surface area contributed by atoms with Gasteiger partial charge >= 0.3 is 29.6 Å². The summed E-state index contributed by atoms with van der Waals surface area (Å²) < 4.78 is 0. The molecular formula is C12H9N4NaO2S. The van der Waals surface area contributed by atoms with Gasteiger partial charge in [0, 0.05) is 10.9 Å². The molecule has 0 aliphatic carbocycles. The number of benzene rings is 1. The maximum Gasteiger partial charge on any atom is 1.00 e. The molecule has 0 unspecified atom stereocenters. The second kappa shape index (κ2) is 7.30. The smallest absolute Gasteiger partial charge is 0.545 e. The third-order valence-electron chi connectivity index (χ3n) is 2.33. The van der Waals surface area contributed by atoms with Crippen molar-refractivity contribution in [3.05, 3.63) is 41.6 Å². The van der Waals surface area contributed by atoms with Crippen LogP contribution in [-0.2, 0) is 0 Å². The number of nitrogens with one attached hydrogen (secondary N) is 1. The number of nitrogens with two attached hydrogens (primary N) is 1. The van der Waals surface area contributed by atoms with Crippen LogP contribution in [-0.4, -0.2) is 22.3 Å². The molecule has 1 heterocycles. The van der Waals surface area contributed by atoms with Crippen molar-refractivity contribution < 1.29 is 39.5 Å². The van der Waals surface area contributed by atoms with Crippen LogP contribution in [0, 0.1) is 0 Å². The molecule has 0 saturated carbocycles. The van der Waals surface area contributed by atoms with Gasteiger partial charge in [0.05, 0.1) is 23.4 Å². The van der Waals surface area contributed by atoms with Gasteiger partial charge in [0.2, 0.25) is 0 Å². The summed E-state index contributed by atoms with van der Waals surface area (Å²) in [7, 11) is 0. The first-order chi connectivity index (χ1) is 9.08.